The van der Waals surface area contributed by atoms with Crippen LogP contribution in [0.25, 0.3) is 5.69 Å². The first-order valence-corrected chi connectivity index (χ1v) is 7.58. The highest BCUT2D eigenvalue weighted by Crippen LogP contribution is 2.19. The lowest BCUT2D eigenvalue weighted by molar-refractivity contribution is 0.102. The number of hydrogen-bond donors (Lipinski definition) is 1. The zero-order valence-electron chi connectivity index (χ0n) is 13.3. The van der Waals surface area contributed by atoms with E-state index in [1.807, 2.05) is 17.7 Å². The third kappa shape index (κ3) is 3.26. The van der Waals surface area contributed by atoms with Crippen LogP contribution >= 0.6 is 0 Å². The standard InChI is InChI=1S/C18H14F3N3O/c1-2-15-22-9-10-24(15)12-5-3-11(4-6-12)23-18(25)13-7-8-14(19)17(21)16(13)20/h3-10H,2H2,1H3,(H,23,25). The fourth-order valence-corrected chi connectivity index (χ4v) is 2.44. The number of amides is 1. The predicted octanol–water partition coefficient (Wildman–Crippen LogP) is 4.10. The van der Waals surface area contributed by atoms with Gasteiger partial charge in [0.2, 0.25) is 0 Å². The maximum Gasteiger partial charge on any atom is 0.258 e. The van der Waals surface area contributed by atoms with Crippen molar-refractivity contribution in [1.29, 1.82) is 0 Å². The van der Waals surface area contributed by atoms with Gasteiger partial charge in [-0.15, -0.1) is 0 Å². The number of aromatic nitrogens is 2. The zero-order valence-corrected chi connectivity index (χ0v) is 13.3. The summed E-state index contributed by atoms with van der Waals surface area (Å²) in [6.45, 7) is 1.99. The molecule has 0 atom stereocenters. The molecule has 0 spiro atoms. The number of imidazole rings is 1. The topological polar surface area (TPSA) is 46.9 Å². The summed E-state index contributed by atoms with van der Waals surface area (Å²) in [6, 6.07) is 8.39. The first-order chi connectivity index (χ1) is 12.0. The molecule has 0 bridgehead atoms. The molecule has 0 aliphatic heterocycles. The quantitative estimate of drug-likeness (QED) is 0.724. The van der Waals surface area contributed by atoms with Crippen molar-refractivity contribution in [1.82, 2.24) is 9.55 Å². The lowest BCUT2D eigenvalue weighted by Gasteiger charge is -2.09. The minimum absolute atomic E-state index is 0.399. The Balaban J connectivity index is 1.80. The van der Waals surface area contributed by atoms with Gasteiger partial charge in [0.15, 0.2) is 17.5 Å². The summed E-state index contributed by atoms with van der Waals surface area (Å²) in [5, 5.41) is 2.45. The Morgan fingerprint density at radius 3 is 2.48 bits per heavy atom. The molecule has 0 saturated heterocycles. The van der Waals surface area contributed by atoms with Crippen LogP contribution in [0.3, 0.4) is 0 Å². The van der Waals surface area contributed by atoms with Gasteiger partial charge in [0, 0.05) is 30.2 Å². The van der Waals surface area contributed by atoms with Gasteiger partial charge in [0.05, 0.1) is 5.56 Å². The van der Waals surface area contributed by atoms with E-state index in [1.54, 1.807) is 30.5 Å². The van der Waals surface area contributed by atoms with Crippen molar-refractivity contribution in [2.75, 3.05) is 5.32 Å². The Morgan fingerprint density at radius 2 is 1.80 bits per heavy atom. The van der Waals surface area contributed by atoms with Crippen molar-refractivity contribution >= 4 is 11.6 Å². The van der Waals surface area contributed by atoms with Gasteiger partial charge in [-0.25, -0.2) is 18.2 Å². The van der Waals surface area contributed by atoms with Crippen LogP contribution < -0.4 is 5.32 Å². The first-order valence-electron chi connectivity index (χ1n) is 7.58. The monoisotopic (exact) mass is 345 g/mol. The van der Waals surface area contributed by atoms with E-state index in [0.29, 0.717) is 11.8 Å². The molecule has 0 saturated carbocycles. The van der Waals surface area contributed by atoms with Gasteiger partial charge in [-0.3, -0.25) is 4.79 Å². The van der Waals surface area contributed by atoms with Gasteiger partial charge in [-0.05, 0) is 36.4 Å². The summed E-state index contributed by atoms with van der Waals surface area (Å²) < 4.78 is 41.7. The smallest absolute Gasteiger partial charge is 0.258 e. The third-order valence-electron chi connectivity index (χ3n) is 3.72. The highest BCUT2D eigenvalue weighted by molar-refractivity contribution is 6.04. The van der Waals surface area contributed by atoms with E-state index in [2.05, 4.69) is 10.3 Å². The predicted molar refractivity (Wildman–Crippen MR) is 87.2 cm³/mol. The molecule has 0 fully saturated rings. The molecule has 0 aliphatic rings. The van der Waals surface area contributed by atoms with Gasteiger partial charge in [0.25, 0.3) is 5.91 Å². The molecule has 0 unspecified atom stereocenters. The molecule has 25 heavy (non-hydrogen) atoms. The number of anilines is 1. The van der Waals surface area contributed by atoms with Crippen LogP contribution in [0.4, 0.5) is 18.9 Å². The zero-order chi connectivity index (χ0) is 18.0. The summed E-state index contributed by atoms with van der Waals surface area (Å²) in [7, 11) is 0. The highest BCUT2D eigenvalue weighted by Gasteiger charge is 2.18. The van der Waals surface area contributed by atoms with E-state index in [4.69, 9.17) is 0 Å². The Kier molecular flexibility index (Phi) is 4.56. The van der Waals surface area contributed by atoms with Gasteiger partial charge >= 0.3 is 0 Å². The van der Waals surface area contributed by atoms with E-state index < -0.39 is 28.9 Å². The molecule has 1 amide bonds. The van der Waals surface area contributed by atoms with E-state index in [-0.39, 0.29) is 0 Å². The Bertz CT molecular complexity index is 920. The number of carbonyl (C=O) groups is 1. The largest absolute Gasteiger partial charge is 0.322 e. The molecular weight excluding hydrogens is 331 g/mol. The maximum atomic E-state index is 13.7. The van der Waals surface area contributed by atoms with Crippen LogP contribution in [0.5, 0.6) is 0 Å². The number of benzene rings is 2. The summed E-state index contributed by atoms with van der Waals surface area (Å²) in [5.74, 6) is -4.50. The number of halogens is 3. The second kappa shape index (κ2) is 6.80. The van der Waals surface area contributed by atoms with Crippen LogP contribution in [0.2, 0.25) is 0 Å². The lowest BCUT2D eigenvalue weighted by Crippen LogP contribution is -2.15. The molecule has 4 nitrogen and oxygen atoms in total. The van der Waals surface area contributed by atoms with Crippen molar-refractivity contribution < 1.29 is 18.0 Å². The average Bonchev–Trinajstić information content (AvgIpc) is 3.09. The number of rotatable bonds is 4. The normalized spacial score (nSPS) is 10.7. The number of hydrogen-bond acceptors (Lipinski definition) is 2. The summed E-state index contributed by atoms with van der Waals surface area (Å²) in [6.07, 6.45) is 4.28. The SMILES string of the molecule is CCc1nccn1-c1ccc(NC(=O)c2ccc(F)c(F)c2F)cc1. The van der Waals surface area contributed by atoms with Crippen LogP contribution in [0.15, 0.2) is 48.8 Å². The van der Waals surface area contributed by atoms with Crippen molar-refractivity contribution in [3.63, 3.8) is 0 Å². The van der Waals surface area contributed by atoms with Crippen molar-refractivity contribution in [2.45, 2.75) is 13.3 Å². The minimum Gasteiger partial charge on any atom is -0.322 e. The van der Waals surface area contributed by atoms with Crippen LogP contribution in [-0.2, 0) is 6.42 Å². The number of aryl methyl sites for hydroxylation is 1. The molecule has 128 valence electrons. The van der Waals surface area contributed by atoms with Crippen LogP contribution in [0.1, 0.15) is 23.1 Å². The summed E-state index contributed by atoms with van der Waals surface area (Å²) >= 11 is 0. The summed E-state index contributed by atoms with van der Waals surface area (Å²) in [4.78, 5) is 16.3. The van der Waals surface area contributed by atoms with E-state index in [1.165, 1.54) is 0 Å². The van der Waals surface area contributed by atoms with Crippen molar-refractivity contribution in [2.24, 2.45) is 0 Å². The lowest BCUT2D eigenvalue weighted by atomic mass is 10.1. The second-order valence-electron chi connectivity index (χ2n) is 5.29. The maximum absolute atomic E-state index is 13.7. The Labute approximate surface area is 141 Å². The van der Waals surface area contributed by atoms with E-state index in [0.717, 1.165) is 24.0 Å². The average molecular weight is 345 g/mol. The molecule has 3 aromatic rings. The molecule has 1 N–H and O–H groups in total. The van der Waals surface area contributed by atoms with Gasteiger partial charge in [-0.1, -0.05) is 6.92 Å². The number of carbonyl (C=O) groups excluding carboxylic acids is 1. The molecule has 3 rings (SSSR count). The van der Waals surface area contributed by atoms with E-state index >= 15 is 0 Å². The van der Waals surface area contributed by atoms with Gasteiger partial charge in [-0.2, -0.15) is 0 Å². The molecule has 1 heterocycles. The van der Waals surface area contributed by atoms with Crippen molar-refractivity contribution in [3.05, 3.63) is 77.6 Å². The Hall–Kier alpha value is -3.09. The summed E-state index contributed by atoms with van der Waals surface area (Å²) in [5.41, 5.74) is 0.688. The first kappa shape index (κ1) is 16.8. The number of nitrogens with one attached hydrogen (secondary N) is 1. The molecule has 0 aliphatic carbocycles. The van der Waals surface area contributed by atoms with Crippen LogP contribution in [-0.4, -0.2) is 15.5 Å². The second-order valence-corrected chi connectivity index (χ2v) is 5.29. The fraction of sp³-hybridized carbons (Fsp3) is 0.111. The van der Waals surface area contributed by atoms with Gasteiger partial charge in [0.1, 0.15) is 5.82 Å². The number of nitrogens with zero attached hydrogens (tertiary/aromatic N) is 2. The molecule has 2 aromatic carbocycles. The molecule has 1 aromatic heterocycles. The fourth-order valence-electron chi connectivity index (χ4n) is 2.44. The Morgan fingerprint density at radius 1 is 1.08 bits per heavy atom. The third-order valence-corrected chi connectivity index (χ3v) is 3.72. The molecule has 0 radical (unpaired) electrons. The van der Waals surface area contributed by atoms with Crippen molar-refractivity contribution in [3.8, 4) is 5.69 Å². The molecule has 7 heteroatoms. The van der Waals surface area contributed by atoms with Crippen LogP contribution in [0, 0.1) is 17.5 Å². The molecular formula is C18H14F3N3O. The van der Waals surface area contributed by atoms with Gasteiger partial charge < -0.3 is 9.88 Å². The highest BCUT2D eigenvalue weighted by atomic mass is 19.2. The van der Waals surface area contributed by atoms with E-state index in [9.17, 15) is 18.0 Å². The minimum atomic E-state index is -1.67.